The first-order valence-electron chi connectivity index (χ1n) is 9.97. The SMILES string of the molecule is COc1c(F)cc(N2CCN(CC(=O)Nc3ccc4c(c3)N(C)C(O)N4)CC2)cc1F. The van der Waals surface area contributed by atoms with Gasteiger partial charge in [0.05, 0.1) is 25.0 Å². The quantitative estimate of drug-likeness (QED) is 0.664. The summed E-state index contributed by atoms with van der Waals surface area (Å²) >= 11 is 0. The second-order valence-electron chi connectivity index (χ2n) is 7.61. The molecule has 0 saturated carbocycles. The molecule has 0 radical (unpaired) electrons. The number of benzene rings is 2. The largest absolute Gasteiger partial charge is 0.491 e. The third-order valence-corrected chi connectivity index (χ3v) is 5.60. The molecule has 1 saturated heterocycles. The van der Waals surface area contributed by atoms with Crippen LogP contribution in [0.2, 0.25) is 0 Å². The Labute approximate surface area is 179 Å². The van der Waals surface area contributed by atoms with E-state index in [9.17, 15) is 18.7 Å². The summed E-state index contributed by atoms with van der Waals surface area (Å²) in [7, 11) is 2.99. The number of anilines is 4. The van der Waals surface area contributed by atoms with E-state index < -0.39 is 18.0 Å². The van der Waals surface area contributed by atoms with E-state index >= 15 is 0 Å². The van der Waals surface area contributed by atoms with Crippen molar-refractivity contribution in [1.82, 2.24) is 4.90 Å². The van der Waals surface area contributed by atoms with E-state index in [1.54, 1.807) is 24.1 Å². The number of rotatable bonds is 5. The molecule has 1 unspecified atom stereocenters. The second-order valence-corrected chi connectivity index (χ2v) is 7.61. The van der Waals surface area contributed by atoms with Crippen LogP contribution in [0.15, 0.2) is 30.3 Å². The lowest BCUT2D eigenvalue weighted by molar-refractivity contribution is -0.117. The van der Waals surface area contributed by atoms with Crippen LogP contribution in [0.5, 0.6) is 5.75 Å². The van der Waals surface area contributed by atoms with Gasteiger partial charge in [0.2, 0.25) is 12.3 Å². The van der Waals surface area contributed by atoms with E-state index in [1.807, 2.05) is 15.9 Å². The van der Waals surface area contributed by atoms with E-state index in [0.717, 1.165) is 11.4 Å². The number of hydrogen-bond acceptors (Lipinski definition) is 7. The molecule has 4 rings (SSSR count). The predicted octanol–water partition coefficient (Wildman–Crippen LogP) is 1.87. The number of piperazine rings is 1. The van der Waals surface area contributed by atoms with Crippen molar-refractivity contribution in [1.29, 1.82) is 0 Å². The highest BCUT2D eigenvalue weighted by Gasteiger charge is 2.25. The van der Waals surface area contributed by atoms with Crippen LogP contribution in [0.25, 0.3) is 0 Å². The molecule has 8 nitrogen and oxygen atoms in total. The molecule has 0 aromatic heterocycles. The number of aliphatic hydroxyl groups is 1. The van der Waals surface area contributed by atoms with Gasteiger partial charge in [0, 0.05) is 56.7 Å². The van der Waals surface area contributed by atoms with Gasteiger partial charge in [-0.2, -0.15) is 0 Å². The highest BCUT2D eigenvalue weighted by molar-refractivity contribution is 5.94. The number of hydrogen-bond donors (Lipinski definition) is 3. The zero-order valence-electron chi connectivity index (χ0n) is 17.4. The van der Waals surface area contributed by atoms with Gasteiger partial charge in [-0.05, 0) is 18.2 Å². The van der Waals surface area contributed by atoms with Crippen molar-refractivity contribution in [3.05, 3.63) is 42.0 Å². The summed E-state index contributed by atoms with van der Waals surface area (Å²) in [4.78, 5) is 18.0. The number of nitrogens with one attached hydrogen (secondary N) is 2. The smallest absolute Gasteiger partial charge is 0.238 e. The van der Waals surface area contributed by atoms with Crippen LogP contribution in [-0.2, 0) is 4.79 Å². The molecule has 2 aromatic rings. The Balaban J connectivity index is 1.31. The molecule has 1 fully saturated rings. The molecule has 1 atom stereocenters. The predicted molar refractivity (Wildman–Crippen MR) is 115 cm³/mol. The lowest BCUT2D eigenvalue weighted by Crippen LogP contribution is -2.48. The average Bonchev–Trinajstić information content (AvgIpc) is 3.02. The van der Waals surface area contributed by atoms with Gasteiger partial charge in [-0.25, -0.2) is 8.78 Å². The first-order valence-corrected chi connectivity index (χ1v) is 9.97. The molecule has 1 amide bonds. The van der Waals surface area contributed by atoms with Gasteiger partial charge in [0.25, 0.3) is 0 Å². The van der Waals surface area contributed by atoms with Crippen LogP contribution in [-0.4, -0.2) is 69.1 Å². The number of aliphatic hydroxyl groups excluding tert-OH is 1. The Morgan fingerprint density at radius 3 is 2.52 bits per heavy atom. The van der Waals surface area contributed by atoms with Crippen LogP contribution in [0.1, 0.15) is 0 Å². The van der Waals surface area contributed by atoms with Crippen molar-refractivity contribution >= 4 is 28.7 Å². The number of carbonyl (C=O) groups is 1. The molecule has 2 aliphatic rings. The van der Waals surface area contributed by atoms with E-state index in [-0.39, 0.29) is 18.2 Å². The molecule has 3 N–H and O–H groups in total. The summed E-state index contributed by atoms with van der Waals surface area (Å²) in [6.07, 6.45) is -0.787. The fourth-order valence-corrected chi connectivity index (χ4v) is 3.88. The Kier molecular flexibility index (Phi) is 5.84. The van der Waals surface area contributed by atoms with Crippen LogP contribution >= 0.6 is 0 Å². The van der Waals surface area contributed by atoms with Crippen LogP contribution in [0.3, 0.4) is 0 Å². The maximum Gasteiger partial charge on any atom is 0.238 e. The molecule has 166 valence electrons. The highest BCUT2D eigenvalue weighted by atomic mass is 19.1. The standard InChI is InChI=1S/C21H25F2N5O3/c1-26-18-9-13(3-4-17(18)25-21(26)30)24-19(29)12-27-5-7-28(8-6-27)14-10-15(22)20(31-2)16(23)11-14/h3-4,9-11,21,25,30H,5-8,12H2,1-2H3,(H,24,29). The van der Waals surface area contributed by atoms with E-state index in [4.69, 9.17) is 4.74 Å². The molecule has 2 heterocycles. The molecular weight excluding hydrogens is 408 g/mol. The lowest BCUT2D eigenvalue weighted by atomic mass is 10.2. The number of ether oxygens (including phenoxy) is 1. The molecule has 0 spiro atoms. The number of nitrogens with zero attached hydrogens (tertiary/aromatic N) is 3. The van der Waals surface area contributed by atoms with Crippen molar-refractivity contribution in [2.24, 2.45) is 0 Å². The van der Waals surface area contributed by atoms with Gasteiger partial charge in [-0.15, -0.1) is 0 Å². The van der Waals surface area contributed by atoms with Crippen LogP contribution in [0, 0.1) is 11.6 Å². The summed E-state index contributed by atoms with van der Waals surface area (Å²) in [6.45, 7) is 2.49. The first kappa shape index (κ1) is 21.1. The minimum absolute atomic E-state index is 0.149. The molecular formula is C21H25F2N5O3. The minimum Gasteiger partial charge on any atom is -0.491 e. The molecule has 0 aliphatic carbocycles. The van der Waals surface area contributed by atoms with Gasteiger partial charge in [0.15, 0.2) is 17.4 Å². The average molecular weight is 433 g/mol. The Bertz CT molecular complexity index is 958. The summed E-state index contributed by atoms with van der Waals surface area (Å²) in [5.41, 5.74) is 2.71. The van der Waals surface area contributed by atoms with Crippen molar-refractivity contribution < 1.29 is 23.4 Å². The van der Waals surface area contributed by atoms with Gasteiger partial charge in [-0.3, -0.25) is 9.69 Å². The molecule has 2 aliphatic heterocycles. The summed E-state index contributed by atoms with van der Waals surface area (Å²) in [5, 5.41) is 15.6. The van der Waals surface area contributed by atoms with Gasteiger partial charge in [-0.1, -0.05) is 0 Å². The van der Waals surface area contributed by atoms with Crippen molar-refractivity contribution in [2.45, 2.75) is 6.35 Å². The van der Waals surface area contributed by atoms with E-state index in [1.165, 1.54) is 19.2 Å². The maximum absolute atomic E-state index is 14.0. The van der Waals surface area contributed by atoms with Crippen molar-refractivity contribution in [3.8, 4) is 5.75 Å². The summed E-state index contributed by atoms with van der Waals surface area (Å²) in [6, 6.07) is 7.92. The molecule has 10 heteroatoms. The fraction of sp³-hybridized carbons (Fsp3) is 0.381. The van der Waals surface area contributed by atoms with E-state index in [2.05, 4.69) is 10.6 Å². The minimum atomic E-state index is -0.787. The Morgan fingerprint density at radius 2 is 1.87 bits per heavy atom. The number of halogens is 2. The van der Waals surface area contributed by atoms with Gasteiger partial charge >= 0.3 is 0 Å². The zero-order valence-corrected chi connectivity index (χ0v) is 17.4. The number of methoxy groups -OCH3 is 1. The highest BCUT2D eigenvalue weighted by Crippen LogP contribution is 2.35. The molecule has 31 heavy (non-hydrogen) atoms. The van der Waals surface area contributed by atoms with Gasteiger partial charge < -0.3 is 30.3 Å². The second kappa shape index (κ2) is 8.56. The molecule has 0 bridgehead atoms. The van der Waals surface area contributed by atoms with Crippen molar-refractivity contribution in [2.75, 3.05) is 67.3 Å². The topological polar surface area (TPSA) is 80.3 Å². The summed E-state index contributed by atoms with van der Waals surface area (Å²) < 4.78 is 32.7. The Morgan fingerprint density at radius 1 is 1.19 bits per heavy atom. The number of carbonyl (C=O) groups excluding carboxylic acids is 1. The number of amides is 1. The Hall–Kier alpha value is -3.11. The van der Waals surface area contributed by atoms with E-state index in [0.29, 0.717) is 37.6 Å². The lowest BCUT2D eigenvalue weighted by Gasteiger charge is -2.35. The number of fused-ring (bicyclic) bond motifs is 1. The van der Waals surface area contributed by atoms with Crippen LogP contribution < -0.4 is 25.2 Å². The third-order valence-electron chi connectivity index (χ3n) is 5.60. The monoisotopic (exact) mass is 433 g/mol. The molecule has 2 aromatic carbocycles. The first-order chi connectivity index (χ1) is 14.9. The van der Waals surface area contributed by atoms with Crippen molar-refractivity contribution in [3.63, 3.8) is 0 Å². The van der Waals surface area contributed by atoms with Crippen LogP contribution in [0.4, 0.5) is 31.5 Å². The normalized spacial score (nSPS) is 18.5. The fourth-order valence-electron chi connectivity index (χ4n) is 3.88. The summed E-state index contributed by atoms with van der Waals surface area (Å²) in [5.74, 6) is -2.00. The maximum atomic E-state index is 14.0. The third kappa shape index (κ3) is 4.35. The van der Waals surface area contributed by atoms with Gasteiger partial charge in [0.1, 0.15) is 0 Å². The zero-order chi connectivity index (χ0) is 22.1.